The minimum Gasteiger partial charge on any atom is -0.450 e. The third-order valence-electron chi connectivity index (χ3n) is 5.71. The first-order chi connectivity index (χ1) is 11.6. The van der Waals surface area contributed by atoms with Gasteiger partial charge in [0.05, 0.1) is 11.8 Å². The fourth-order valence-corrected chi connectivity index (χ4v) is 4.85. The Balaban J connectivity index is 1.83. The second-order valence-corrected chi connectivity index (χ2v) is 9.50. The first-order valence-electron chi connectivity index (χ1n) is 8.83. The normalized spacial score (nSPS) is 25.6. The Hall–Kier alpha value is -1.41. The Morgan fingerprint density at radius 3 is 2.24 bits per heavy atom. The lowest BCUT2D eigenvalue weighted by molar-refractivity contribution is -0.150. The van der Waals surface area contributed by atoms with Crippen LogP contribution in [0.5, 0.6) is 0 Å². The van der Waals surface area contributed by atoms with Crippen molar-refractivity contribution >= 4 is 21.9 Å². The number of amides is 1. The standard InChI is InChI=1S/C17H26N2O5S/c1-12-4-8-18(9-5-12)15(20)14-13(2)16(21)24-17(14)6-10-19(11-7-17)25(3,22)23/h12H,4-11H2,1-3H3. The van der Waals surface area contributed by atoms with Gasteiger partial charge >= 0.3 is 5.97 Å². The van der Waals surface area contributed by atoms with Crippen LogP contribution in [-0.4, -0.2) is 67.5 Å². The third kappa shape index (κ3) is 3.33. The Morgan fingerprint density at radius 1 is 1.16 bits per heavy atom. The quantitative estimate of drug-likeness (QED) is 0.675. The predicted octanol–water partition coefficient (Wildman–Crippen LogP) is 0.912. The summed E-state index contributed by atoms with van der Waals surface area (Å²) in [7, 11) is -3.28. The van der Waals surface area contributed by atoms with Crippen LogP contribution in [0.15, 0.2) is 11.1 Å². The lowest BCUT2D eigenvalue weighted by Gasteiger charge is -2.40. The summed E-state index contributed by atoms with van der Waals surface area (Å²) in [6.45, 7) is 5.71. The van der Waals surface area contributed by atoms with Crippen molar-refractivity contribution in [1.29, 1.82) is 0 Å². The zero-order valence-electron chi connectivity index (χ0n) is 15.1. The van der Waals surface area contributed by atoms with Crippen LogP contribution in [0.3, 0.4) is 0 Å². The van der Waals surface area contributed by atoms with Gasteiger partial charge in [0, 0.05) is 44.6 Å². The number of carbonyl (C=O) groups is 2. The van der Waals surface area contributed by atoms with E-state index in [9.17, 15) is 18.0 Å². The molecule has 0 radical (unpaired) electrons. The number of esters is 1. The molecule has 3 aliphatic heterocycles. The molecule has 0 aliphatic carbocycles. The highest BCUT2D eigenvalue weighted by Crippen LogP contribution is 2.42. The smallest absolute Gasteiger partial charge is 0.335 e. The van der Waals surface area contributed by atoms with Gasteiger partial charge in [0.15, 0.2) is 0 Å². The van der Waals surface area contributed by atoms with Gasteiger partial charge in [-0.25, -0.2) is 17.5 Å². The number of nitrogens with zero attached hydrogens (tertiary/aromatic N) is 2. The molecule has 3 heterocycles. The van der Waals surface area contributed by atoms with E-state index in [0.29, 0.717) is 43.0 Å². The van der Waals surface area contributed by atoms with Crippen LogP contribution in [0.2, 0.25) is 0 Å². The van der Waals surface area contributed by atoms with Crippen LogP contribution < -0.4 is 0 Å². The maximum Gasteiger partial charge on any atom is 0.335 e. The highest BCUT2D eigenvalue weighted by Gasteiger charge is 2.52. The molecule has 140 valence electrons. The molecular formula is C17H26N2O5S. The van der Waals surface area contributed by atoms with Gasteiger partial charge in [-0.1, -0.05) is 6.92 Å². The maximum absolute atomic E-state index is 13.1. The molecule has 0 aromatic rings. The zero-order valence-corrected chi connectivity index (χ0v) is 15.9. The van der Waals surface area contributed by atoms with E-state index in [0.717, 1.165) is 12.8 Å². The van der Waals surface area contributed by atoms with Crippen molar-refractivity contribution in [3.05, 3.63) is 11.1 Å². The topological polar surface area (TPSA) is 84.0 Å². The Bertz CT molecular complexity index is 711. The number of hydrogen-bond donors (Lipinski definition) is 0. The SMILES string of the molecule is CC1=C(C(=O)N2CCC(C)CC2)C2(CCN(S(C)(=O)=O)CC2)OC1=O. The summed E-state index contributed by atoms with van der Waals surface area (Å²) < 4.78 is 30.5. The van der Waals surface area contributed by atoms with Crippen LogP contribution in [0, 0.1) is 5.92 Å². The average Bonchev–Trinajstić information content (AvgIpc) is 2.77. The molecule has 7 nitrogen and oxygen atoms in total. The van der Waals surface area contributed by atoms with E-state index in [2.05, 4.69) is 6.92 Å². The van der Waals surface area contributed by atoms with E-state index in [1.165, 1.54) is 10.6 Å². The molecular weight excluding hydrogens is 344 g/mol. The van der Waals surface area contributed by atoms with Crippen molar-refractivity contribution < 1.29 is 22.7 Å². The number of piperidine rings is 2. The molecule has 0 atom stereocenters. The molecule has 1 spiro atoms. The van der Waals surface area contributed by atoms with Crippen molar-refractivity contribution in [3.63, 3.8) is 0 Å². The minimum atomic E-state index is -3.28. The highest BCUT2D eigenvalue weighted by molar-refractivity contribution is 7.88. The number of sulfonamides is 1. The van der Waals surface area contributed by atoms with Crippen molar-refractivity contribution in [2.24, 2.45) is 5.92 Å². The molecule has 0 unspecified atom stereocenters. The molecule has 8 heteroatoms. The first-order valence-corrected chi connectivity index (χ1v) is 10.7. The molecule has 2 saturated heterocycles. The monoisotopic (exact) mass is 370 g/mol. The lowest BCUT2D eigenvalue weighted by atomic mass is 9.82. The van der Waals surface area contributed by atoms with Gasteiger partial charge < -0.3 is 9.64 Å². The summed E-state index contributed by atoms with van der Waals surface area (Å²) in [5, 5.41) is 0. The number of carbonyl (C=O) groups excluding carboxylic acids is 2. The van der Waals surface area contributed by atoms with E-state index in [1.54, 1.807) is 6.92 Å². The summed E-state index contributed by atoms with van der Waals surface area (Å²) in [4.78, 5) is 27.1. The van der Waals surface area contributed by atoms with Crippen LogP contribution in [0.1, 0.15) is 39.5 Å². The molecule has 0 saturated carbocycles. The van der Waals surface area contributed by atoms with Crippen molar-refractivity contribution in [3.8, 4) is 0 Å². The van der Waals surface area contributed by atoms with Crippen molar-refractivity contribution in [2.45, 2.75) is 45.1 Å². The molecule has 3 rings (SSSR count). The molecule has 0 aromatic heterocycles. The molecule has 3 aliphatic rings. The summed E-state index contributed by atoms with van der Waals surface area (Å²) in [5.41, 5.74) is -0.153. The summed E-state index contributed by atoms with van der Waals surface area (Å²) in [6, 6.07) is 0. The van der Waals surface area contributed by atoms with Gasteiger partial charge in [-0.3, -0.25) is 4.79 Å². The minimum absolute atomic E-state index is 0.122. The van der Waals surface area contributed by atoms with Gasteiger partial charge in [-0.05, 0) is 25.7 Å². The Labute approximate surface area is 149 Å². The molecule has 25 heavy (non-hydrogen) atoms. The fourth-order valence-electron chi connectivity index (χ4n) is 4.00. The zero-order chi connectivity index (χ0) is 18.4. The van der Waals surface area contributed by atoms with Gasteiger partial charge in [0.2, 0.25) is 10.0 Å². The Morgan fingerprint density at radius 2 is 1.72 bits per heavy atom. The average molecular weight is 370 g/mol. The molecule has 2 fully saturated rings. The van der Waals surface area contributed by atoms with Crippen molar-refractivity contribution in [2.75, 3.05) is 32.4 Å². The van der Waals surface area contributed by atoms with E-state index in [4.69, 9.17) is 4.74 Å². The summed E-state index contributed by atoms with van der Waals surface area (Å²) in [6.07, 6.45) is 3.75. The first kappa shape index (κ1) is 18.4. The van der Waals surface area contributed by atoms with E-state index in [-0.39, 0.29) is 19.0 Å². The van der Waals surface area contributed by atoms with E-state index in [1.807, 2.05) is 4.90 Å². The second-order valence-electron chi connectivity index (χ2n) is 7.52. The number of likely N-dealkylation sites (tertiary alicyclic amines) is 1. The molecule has 0 bridgehead atoms. The van der Waals surface area contributed by atoms with Crippen molar-refractivity contribution in [1.82, 2.24) is 9.21 Å². The molecule has 0 aromatic carbocycles. The maximum atomic E-state index is 13.1. The third-order valence-corrected chi connectivity index (χ3v) is 7.01. The van der Waals surface area contributed by atoms with Crippen LogP contribution in [0.25, 0.3) is 0 Å². The van der Waals surface area contributed by atoms with Gasteiger partial charge in [0.25, 0.3) is 5.91 Å². The fraction of sp³-hybridized carbons (Fsp3) is 0.765. The second kappa shape index (κ2) is 6.39. The van der Waals surface area contributed by atoms with Crippen LogP contribution in [-0.2, 0) is 24.3 Å². The number of hydrogen-bond acceptors (Lipinski definition) is 5. The van der Waals surface area contributed by atoms with Gasteiger partial charge in [0.1, 0.15) is 5.60 Å². The Kier molecular flexibility index (Phi) is 4.70. The van der Waals surface area contributed by atoms with E-state index < -0.39 is 21.6 Å². The summed E-state index contributed by atoms with van der Waals surface area (Å²) >= 11 is 0. The largest absolute Gasteiger partial charge is 0.450 e. The highest BCUT2D eigenvalue weighted by atomic mass is 32.2. The van der Waals surface area contributed by atoms with Crippen LogP contribution >= 0.6 is 0 Å². The lowest BCUT2D eigenvalue weighted by Crippen LogP contribution is -2.51. The van der Waals surface area contributed by atoms with Gasteiger partial charge in [-0.2, -0.15) is 0 Å². The molecule has 1 amide bonds. The summed E-state index contributed by atoms with van der Waals surface area (Å²) in [5.74, 6) is 0.0251. The predicted molar refractivity (Wildman–Crippen MR) is 92.2 cm³/mol. The van der Waals surface area contributed by atoms with Crippen LogP contribution in [0.4, 0.5) is 0 Å². The van der Waals surface area contributed by atoms with E-state index >= 15 is 0 Å². The molecule has 0 N–H and O–H groups in total. The number of ether oxygens (including phenoxy) is 1. The number of rotatable bonds is 2. The van der Waals surface area contributed by atoms with Gasteiger partial charge in [-0.15, -0.1) is 0 Å².